The van der Waals surface area contributed by atoms with Crippen LogP contribution in [0.2, 0.25) is 0 Å². The van der Waals surface area contributed by atoms with Gasteiger partial charge in [-0.1, -0.05) is 31.2 Å². The lowest BCUT2D eigenvalue weighted by molar-refractivity contribution is -0.136. The molecule has 144 valence electrons. The Kier molecular flexibility index (Phi) is 4.77. The SMILES string of the molecule is CCCOc1ccc([C@@H]2C(C(=O)OC)=C(C)Nc3nc4ccccc4n32)cc1. The van der Waals surface area contributed by atoms with Crippen LogP contribution < -0.4 is 10.1 Å². The normalized spacial score (nSPS) is 15.9. The standard InChI is InChI=1S/C22H23N3O3/c1-4-13-28-16-11-9-15(10-12-16)20-19(21(26)27-3)14(2)23-22-24-17-7-5-6-8-18(17)25(20)22/h5-12,20H,4,13H2,1-3H3,(H,23,24)/t20-/m1/s1. The Morgan fingerprint density at radius 2 is 1.93 bits per heavy atom. The van der Waals surface area contributed by atoms with Gasteiger partial charge < -0.3 is 14.8 Å². The summed E-state index contributed by atoms with van der Waals surface area (Å²) in [5.74, 6) is 1.17. The molecule has 0 spiro atoms. The highest BCUT2D eigenvalue weighted by molar-refractivity contribution is 5.94. The van der Waals surface area contributed by atoms with Crippen LogP contribution in [0.4, 0.5) is 5.95 Å². The van der Waals surface area contributed by atoms with Crippen LogP contribution in [0.25, 0.3) is 11.0 Å². The molecule has 2 heterocycles. The number of ether oxygens (including phenoxy) is 2. The van der Waals surface area contributed by atoms with E-state index >= 15 is 0 Å². The second-order valence-corrected chi connectivity index (χ2v) is 6.77. The highest BCUT2D eigenvalue weighted by atomic mass is 16.5. The first-order valence-electron chi connectivity index (χ1n) is 9.40. The Labute approximate surface area is 163 Å². The van der Waals surface area contributed by atoms with Gasteiger partial charge >= 0.3 is 5.97 Å². The molecule has 4 rings (SSSR count). The van der Waals surface area contributed by atoms with Crippen LogP contribution in [-0.2, 0) is 9.53 Å². The van der Waals surface area contributed by atoms with Crippen molar-refractivity contribution in [2.45, 2.75) is 26.3 Å². The molecule has 0 aliphatic carbocycles. The number of benzene rings is 2. The van der Waals surface area contributed by atoms with E-state index in [1.165, 1.54) is 7.11 Å². The van der Waals surface area contributed by atoms with Crippen molar-refractivity contribution in [3.63, 3.8) is 0 Å². The summed E-state index contributed by atoms with van der Waals surface area (Å²) in [4.78, 5) is 17.4. The number of hydrogen-bond acceptors (Lipinski definition) is 5. The first-order valence-corrected chi connectivity index (χ1v) is 9.40. The van der Waals surface area contributed by atoms with Crippen molar-refractivity contribution in [1.29, 1.82) is 0 Å². The molecule has 0 radical (unpaired) electrons. The highest BCUT2D eigenvalue weighted by Gasteiger charge is 2.34. The molecule has 0 amide bonds. The van der Waals surface area contributed by atoms with Crippen LogP contribution in [0.5, 0.6) is 5.75 Å². The average molecular weight is 377 g/mol. The lowest BCUT2D eigenvalue weighted by Gasteiger charge is -2.30. The molecule has 0 saturated heterocycles. The average Bonchev–Trinajstić information content (AvgIpc) is 3.09. The number of carbonyl (C=O) groups excluding carboxylic acids is 1. The van der Waals surface area contributed by atoms with E-state index < -0.39 is 0 Å². The molecule has 1 aliphatic rings. The Morgan fingerprint density at radius 1 is 1.18 bits per heavy atom. The van der Waals surface area contributed by atoms with Gasteiger partial charge in [0.2, 0.25) is 5.95 Å². The largest absolute Gasteiger partial charge is 0.494 e. The fourth-order valence-corrected chi connectivity index (χ4v) is 3.62. The summed E-state index contributed by atoms with van der Waals surface area (Å²) in [7, 11) is 1.41. The third kappa shape index (κ3) is 3.01. The van der Waals surface area contributed by atoms with E-state index in [1.54, 1.807) is 0 Å². The zero-order valence-electron chi connectivity index (χ0n) is 16.2. The number of aromatic nitrogens is 2. The second kappa shape index (κ2) is 7.38. The summed E-state index contributed by atoms with van der Waals surface area (Å²) in [6.07, 6.45) is 0.953. The Hall–Kier alpha value is -3.28. The molecule has 1 aliphatic heterocycles. The van der Waals surface area contributed by atoms with Crippen LogP contribution in [0.3, 0.4) is 0 Å². The van der Waals surface area contributed by atoms with Crippen molar-refractivity contribution < 1.29 is 14.3 Å². The van der Waals surface area contributed by atoms with Crippen molar-refractivity contribution in [3.8, 4) is 5.75 Å². The Morgan fingerprint density at radius 3 is 2.64 bits per heavy atom. The topological polar surface area (TPSA) is 65.4 Å². The molecule has 0 fully saturated rings. The van der Waals surface area contributed by atoms with Gasteiger partial charge in [-0.05, 0) is 43.2 Å². The summed E-state index contributed by atoms with van der Waals surface area (Å²) < 4.78 is 12.9. The van der Waals surface area contributed by atoms with Gasteiger partial charge in [0.1, 0.15) is 5.75 Å². The van der Waals surface area contributed by atoms with Gasteiger partial charge in [0.25, 0.3) is 0 Å². The molecule has 0 unspecified atom stereocenters. The van der Waals surface area contributed by atoms with E-state index in [4.69, 9.17) is 14.5 Å². The Bertz CT molecular complexity index is 1050. The van der Waals surface area contributed by atoms with Crippen LogP contribution >= 0.6 is 0 Å². The van der Waals surface area contributed by atoms with Crippen molar-refractivity contribution in [2.24, 2.45) is 0 Å². The number of allylic oxidation sites excluding steroid dienone is 1. The molecule has 6 heteroatoms. The summed E-state index contributed by atoms with van der Waals surface area (Å²) in [5, 5.41) is 3.26. The number of imidazole rings is 1. The van der Waals surface area contributed by atoms with Gasteiger partial charge in [-0.25, -0.2) is 9.78 Å². The van der Waals surface area contributed by atoms with E-state index in [0.717, 1.165) is 34.5 Å². The Balaban J connectivity index is 1.87. The van der Waals surface area contributed by atoms with Crippen LogP contribution in [0.15, 0.2) is 59.8 Å². The van der Waals surface area contributed by atoms with Crippen molar-refractivity contribution >= 4 is 23.0 Å². The maximum absolute atomic E-state index is 12.7. The molecule has 1 atom stereocenters. The fraction of sp³-hybridized carbons (Fsp3) is 0.273. The highest BCUT2D eigenvalue weighted by Crippen LogP contribution is 2.39. The first-order chi connectivity index (χ1) is 13.6. The zero-order valence-corrected chi connectivity index (χ0v) is 16.2. The predicted molar refractivity (Wildman–Crippen MR) is 108 cm³/mol. The molecule has 1 aromatic heterocycles. The summed E-state index contributed by atoms with van der Waals surface area (Å²) in [6.45, 7) is 4.63. The van der Waals surface area contributed by atoms with Gasteiger partial charge in [-0.15, -0.1) is 0 Å². The third-order valence-corrected chi connectivity index (χ3v) is 4.90. The molecule has 2 aromatic carbocycles. The molecule has 28 heavy (non-hydrogen) atoms. The molecule has 1 N–H and O–H groups in total. The smallest absolute Gasteiger partial charge is 0.337 e. The van der Waals surface area contributed by atoms with Crippen molar-refractivity contribution in [3.05, 3.63) is 65.4 Å². The maximum Gasteiger partial charge on any atom is 0.337 e. The van der Waals surface area contributed by atoms with E-state index in [2.05, 4.69) is 16.8 Å². The number of nitrogens with one attached hydrogen (secondary N) is 1. The van der Waals surface area contributed by atoms with E-state index in [1.807, 2.05) is 55.5 Å². The van der Waals surface area contributed by atoms with Crippen LogP contribution in [0.1, 0.15) is 31.9 Å². The van der Waals surface area contributed by atoms with Crippen molar-refractivity contribution in [1.82, 2.24) is 9.55 Å². The molecule has 6 nitrogen and oxygen atoms in total. The van der Waals surface area contributed by atoms with Gasteiger partial charge in [-0.2, -0.15) is 0 Å². The second-order valence-electron chi connectivity index (χ2n) is 6.77. The van der Waals surface area contributed by atoms with Gasteiger partial charge in [0.15, 0.2) is 0 Å². The summed E-state index contributed by atoms with van der Waals surface area (Å²) in [6, 6.07) is 15.4. The molecule has 0 saturated carbocycles. The summed E-state index contributed by atoms with van der Waals surface area (Å²) in [5.41, 5.74) is 4.10. The minimum Gasteiger partial charge on any atom is -0.494 e. The molecular weight excluding hydrogens is 354 g/mol. The van der Waals surface area contributed by atoms with E-state index in [9.17, 15) is 4.79 Å². The number of rotatable bonds is 5. The van der Waals surface area contributed by atoms with Gasteiger partial charge in [-0.3, -0.25) is 4.57 Å². The van der Waals surface area contributed by atoms with Gasteiger partial charge in [0.05, 0.1) is 36.4 Å². The number of anilines is 1. The minimum absolute atomic E-state index is 0.337. The number of nitrogens with zero attached hydrogens (tertiary/aromatic N) is 2. The van der Waals surface area contributed by atoms with Gasteiger partial charge in [0, 0.05) is 5.70 Å². The maximum atomic E-state index is 12.7. The third-order valence-electron chi connectivity index (χ3n) is 4.90. The molecular formula is C22H23N3O3. The summed E-state index contributed by atoms with van der Waals surface area (Å²) >= 11 is 0. The number of methoxy groups -OCH3 is 1. The zero-order chi connectivity index (χ0) is 19.7. The quantitative estimate of drug-likeness (QED) is 0.672. The number of hydrogen-bond donors (Lipinski definition) is 1. The van der Waals surface area contributed by atoms with Crippen LogP contribution in [0, 0.1) is 0 Å². The number of esters is 1. The predicted octanol–water partition coefficient (Wildman–Crippen LogP) is 4.29. The number of para-hydroxylation sites is 2. The lowest BCUT2D eigenvalue weighted by atomic mass is 9.95. The molecule has 3 aromatic rings. The fourth-order valence-electron chi connectivity index (χ4n) is 3.62. The molecule has 0 bridgehead atoms. The monoisotopic (exact) mass is 377 g/mol. The number of fused-ring (bicyclic) bond motifs is 3. The van der Waals surface area contributed by atoms with Crippen LogP contribution in [-0.4, -0.2) is 29.2 Å². The lowest BCUT2D eigenvalue weighted by Crippen LogP contribution is -2.28. The van der Waals surface area contributed by atoms with E-state index in [0.29, 0.717) is 18.1 Å². The number of carbonyl (C=O) groups is 1. The minimum atomic E-state index is -0.357. The van der Waals surface area contributed by atoms with E-state index in [-0.39, 0.29) is 12.0 Å². The first kappa shape index (κ1) is 18.1. The van der Waals surface area contributed by atoms with Crippen molar-refractivity contribution in [2.75, 3.05) is 19.0 Å².